The van der Waals surface area contributed by atoms with E-state index in [0.717, 1.165) is 24.0 Å². The third-order valence-electron chi connectivity index (χ3n) is 4.16. The highest BCUT2D eigenvalue weighted by Gasteiger charge is 2.14. The van der Waals surface area contributed by atoms with E-state index in [1.54, 1.807) is 0 Å². The standard InChI is InChI=1S/C15H22N4/c1-18-13-6-4-5-12(11-16)15(13)17-14(18)7-10-19-8-2-3-9-19/h4-6H,2-3,7-11,16H2,1H3. The molecule has 0 unspecified atom stereocenters. The number of aromatic nitrogens is 2. The van der Waals surface area contributed by atoms with E-state index in [-0.39, 0.29) is 0 Å². The van der Waals surface area contributed by atoms with Gasteiger partial charge >= 0.3 is 0 Å². The molecule has 0 spiro atoms. The lowest BCUT2D eigenvalue weighted by atomic mass is 10.2. The minimum absolute atomic E-state index is 0.555. The van der Waals surface area contributed by atoms with Crippen LogP contribution in [0.1, 0.15) is 24.2 Å². The van der Waals surface area contributed by atoms with Crippen LogP contribution < -0.4 is 5.73 Å². The van der Waals surface area contributed by atoms with Crippen molar-refractivity contribution in [3.05, 3.63) is 29.6 Å². The van der Waals surface area contributed by atoms with Crippen LogP contribution in [-0.2, 0) is 20.0 Å². The average molecular weight is 258 g/mol. The van der Waals surface area contributed by atoms with Crippen molar-refractivity contribution in [3.63, 3.8) is 0 Å². The molecule has 0 atom stereocenters. The highest BCUT2D eigenvalue weighted by Crippen LogP contribution is 2.19. The number of para-hydroxylation sites is 1. The summed E-state index contributed by atoms with van der Waals surface area (Å²) in [5.74, 6) is 1.17. The molecule has 4 nitrogen and oxygen atoms in total. The minimum atomic E-state index is 0.555. The summed E-state index contributed by atoms with van der Waals surface area (Å²) in [6.07, 6.45) is 3.72. The Morgan fingerprint density at radius 1 is 1.26 bits per heavy atom. The predicted octanol–water partition coefficient (Wildman–Crippen LogP) is 1.67. The normalized spacial score (nSPS) is 16.5. The second-order valence-corrected chi connectivity index (χ2v) is 5.37. The van der Waals surface area contributed by atoms with E-state index >= 15 is 0 Å². The molecule has 0 amide bonds. The maximum Gasteiger partial charge on any atom is 0.110 e. The molecule has 1 aromatic carbocycles. The molecule has 0 radical (unpaired) electrons. The molecule has 0 aliphatic carbocycles. The van der Waals surface area contributed by atoms with Crippen LogP contribution in [0.2, 0.25) is 0 Å². The third kappa shape index (κ3) is 2.38. The Labute approximate surface area is 114 Å². The monoisotopic (exact) mass is 258 g/mol. The van der Waals surface area contributed by atoms with Crippen LogP contribution in [0.4, 0.5) is 0 Å². The minimum Gasteiger partial charge on any atom is -0.331 e. The maximum absolute atomic E-state index is 5.79. The Kier molecular flexibility index (Phi) is 3.53. The molecule has 4 heteroatoms. The molecule has 1 aliphatic rings. The largest absolute Gasteiger partial charge is 0.331 e. The van der Waals surface area contributed by atoms with Crippen molar-refractivity contribution < 1.29 is 0 Å². The molecular weight excluding hydrogens is 236 g/mol. The number of nitrogens with zero attached hydrogens (tertiary/aromatic N) is 3. The van der Waals surface area contributed by atoms with E-state index in [2.05, 4.69) is 34.7 Å². The quantitative estimate of drug-likeness (QED) is 0.907. The lowest BCUT2D eigenvalue weighted by Crippen LogP contribution is -2.22. The Bertz CT molecular complexity index is 567. The molecule has 1 aliphatic heterocycles. The zero-order valence-electron chi connectivity index (χ0n) is 11.6. The Balaban J connectivity index is 1.84. The van der Waals surface area contributed by atoms with Crippen LogP contribution >= 0.6 is 0 Å². The van der Waals surface area contributed by atoms with Gasteiger partial charge in [0.15, 0.2) is 0 Å². The number of likely N-dealkylation sites (tertiary alicyclic amines) is 1. The summed E-state index contributed by atoms with van der Waals surface area (Å²) in [4.78, 5) is 7.33. The first-order chi connectivity index (χ1) is 9.29. The van der Waals surface area contributed by atoms with Crippen LogP contribution in [-0.4, -0.2) is 34.1 Å². The smallest absolute Gasteiger partial charge is 0.110 e. The lowest BCUT2D eigenvalue weighted by molar-refractivity contribution is 0.340. The van der Waals surface area contributed by atoms with E-state index in [1.165, 1.54) is 37.3 Å². The van der Waals surface area contributed by atoms with Gasteiger partial charge in [-0.25, -0.2) is 4.98 Å². The lowest BCUT2D eigenvalue weighted by Gasteiger charge is -2.13. The number of imidazole rings is 1. The van der Waals surface area contributed by atoms with E-state index in [0.29, 0.717) is 6.54 Å². The van der Waals surface area contributed by atoms with Gasteiger partial charge in [-0.15, -0.1) is 0 Å². The van der Waals surface area contributed by atoms with Gasteiger partial charge in [-0.3, -0.25) is 0 Å². The first-order valence-corrected chi connectivity index (χ1v) is 7.15. The molecule has 1 saturated heterocycles. The molecule has 0 saturated carbocycles. The van der Waals surface area contributed by atoms with Gasteiger partial charge in [0.1, 0.15) is 5.82 Å². The number of rotatable bonds is 4. The Morgan fingerprint density at radius 3 is 2.79 bits per heavy atom. The highest BCUT2D eigenvalue weighted by molar-refractivity contribution is 5.79. The highest BCUT2D eigenvalue weighted by atomic mass is 15.1. The van der Waals surface area contributed by atoms with Gasteiger partial charge in [-0.2, -0.15) is 0 Å². The fraction of sp³-hybridized carbons (Fsp3) is 0.533. The molecule has 19 heavy (non-hydrogen) atoms. The third-order valence-corrected chi connectivity index (χ3v) is 4.16. The SMILES string of the molecule is Cn1c(CCN2CCCC2)nc2c(CN)cccc21. The van der Waals surface area contributed by atoms with Crippen molar-refractivity contribution in [1.82, 2.24) is 14.5 Å². The molecule has 2 heterocycles. The van der Waals surface area contributed by atoms with Crippen molar-refractivity contribution in [2.45, 2.75) is 25.8 Å². The van der Waals surface area contributed by atoms with Crippen LogP contribution in [0, 0.1) is 0 Å². The van der Waals surface area contributed by atoms with Gasteiger partial charge in [-0.1, -0.05) is 12.1 Å². The summed E-state index contributed by atoms with van der Waals surface area (Å²) in [7, 11) is 2.11. The summed E-state index contributed by atoms with van der Waals surface area (Å²) in [6, 6.07) is 6.26. The first kappa shape index (κ1) is 12.6. The fourth-order valence-corrected chi connectivity index (χ4v) is 2.97. The van der Waals surface area contributed by atoms with Crippen LogP contribution in [0.5, 0.6) is 0 Å². The molecular formula is C15H22N4. The van der Waals surface area contributed by atoms with Crippen molar-refractivity contribution >= 4 is 11.0 Å². The van der Waals surface area contributed by atoms with E-state index in [1.807, 2.05) is 0 Å². The number of benzene rings is 1. The van der Waals surface area contributed by atoms with Crippen LogP contribution in [0.3, 0.4) is 0 Å². The second-order valence-electron chi connectivity index (χ2n) is 5.37. The van der Waals surface area contributed by atoms with E-state index in [4.69, 9.17) is 10.7 Å². The van der Waals surface area contributed by atoms with E-state index < -0.39 is 0 Å². The molecule has 1 fully saturated rings. The summed E-state index contributed by atoms with van der Waals surface area (Å²) in [6.45, 7) is 4.17. The first-order valence-electron chi connectivity index (χ1n) is 7.15. The molecule has 102 valence electrons. The van der Waals surface area contributed by atoms with Gasteiger partial charge < -0.3 is 15.2 Å². The van der Waals surface area contributed by atoms with Gasteiger partial charge in [0.05, 0.1) is 11.0 Å². The Hall–Kier alpha value is -1.39. The summed E-state index contributed by atoms with van der Waals surface area (Å²) in [5, 5.41) is 0. The number of hydrogen-bond acceptors (Lipinski definition) is 3. The number of fused-ring (bicyclic) bond motifs is 1. The van der Waals surface area contributed by atoms with Crippen LogP contribution in [0.15, 0.2) is 18.2 Å². The van der Waals surface area contributed by atoms with E-state index in [9.17, 15) is 0 Å². The average Bonchev–Trinajstić information content (AvgIpc) is 3.05. The van der Waals surface area contributed by atoms with Gasteiger partial charge in [0, 0.05) is 26.6 Å². The zero-order valence-corrected chi connectivity index (χ0v) is 11.6. The molecule has 2 aromatic rings. The van der Waals surface area contributed by atoms with Gasteiger partial charge in [-0.05, 0) is 37.6 Å². The second kappa shape index (κ2) is 5.31. The molecule has 1 aromatic heterocycles. The van der Waals surface area contributed by atoms with Crippen molar-refractivity contribution in [2.75, 3.05) is 19.6 Å². The molecule has 2 N–H and O–H groups in total. The summed E-state index contributed by atoms with van der Waals surface area (Å²) < 4.78 is 2.21. The van der Waals surface area contributed by atoms with Gasteiger partial charge in [0.2, 0.25) is 0 Å². The zero-order chi connectivity index (χ0) is 13.2. The maximum atomic E-state index is 5.79. The topological polar surface area (TPSA) is 47.1 Å². The number of aryl methyl sites for hydroxylation is 1. The fourth-order valence-electron chi connectivity index (χ4n) is 2.97. The van der Waals surface area contributed by atoms with Crippen molar-refractivity contribution in [1.29, 1.82) is 0 Å². The predicted molar refractivity (Wildman–Crippen MR) is 78.0 cm³/mol. The summed E-state index contributed by atoms with van der Waals surface area (Å²) in [5.41, 5.74) is 9.20. The molecule has 0 bridgehead atoms. The number of nitrogens with two attached hydrogens (primary N) is 1. The van der Waals surface area contributed by atoms with Gasteiger partial charge in [0.25, 0.3) is 0 Å². The summed E-state index contributed by atoms with van der Waals surface area (Å²) >= 11 is 0. The van der Waals surface area contributed by atoms with Crippen molar-refractivity contribution in [2.24, 2.45) is 12.8 Å². The number of hydrogen-bond donors (Lipinski definition) is 1. The van der Waals surface area contributed by atoms with Crippen LogP contribution in [0.25, 0.3) is 11.0 Å². The molecule has 3 rings (SSSR count). The van der Waals surface area contributed by atoms with Crippen molar-refractivity contribution in [3.8, 4) is 0 Å². The Morgan fingerprint density at radius 2 is 2.05 bits per heavy atom.